The number of hydrogen-bond acceptors (Lipinski definition) is 2. The topological polar surface area (TPSA) is 40.6 Å². The molecule has 0 fully saturated rings. The molecule has 0 bridgehead atoms. The fourth-order valence-corrected chi connectivity index (χ4v) is 11.5. The van der Waals surface area contributed by atoms with Crippen LogP contribution in [0.2, 0.25) is 0 Å². The fraction of sp³-hybridized carbons (Fsp3) is 0.556. The predicted molar refractivity (Wildman–Crippen MR) is 102 cm³/mol. The Hall–Kier alpha value is -0.471. The molecule has 0 spiro atoms. The summed E-state index contributed by atoms with van der Waals surface area (Å²) in [7, 11) is 0. The van der Waals surface area contributed by atoms with Crippen LogP contribution in [0.4, 0.5) is 22.8 Å². The van der Waals surface area contributed by atoms with Crippen molar-refractivity contribution in [1.29, 1.82) is 0 Å². The van der Waals surface area contributed by atoms with Crippen LogP contribution >= 0.6 is 0 Å². The molecule has 0 saturated heterocycles. The van der Waals surface area contributed by atoms with E-state index in [2.05, 4.69) is 0 Å². The molecule has 0 saturated carbocycles. The number of rotatable bonds is 9. The maximum absolute atomic E-state index is 12.8. The van der Waals surface area contributed by atoms with Crippen molar-refractivity contribution in [3.63, 3.8) is 0 Å². The fourth-order valence-electron chi connectivity index (χ4n) is 2.29. The number of carbonyl (C=O) groups is 2. The monoisotopic (exact) mass is 618 g/mol. The van der Waals surface area contributed by atoms with Gasteiger partial charge in [0.25, 0.3) is 0 Å². The van der Waals surface area contributed by atoms with E-state index in [1.165, 1.54) is 12.1 Å². The molecule has 0 aromatic heterocycles. The van der Waals surface area contributed by atoms with Gasteiger partial charge in [0, 0.05) is 0 Å². The van der Waals surface area contributed by atoms with Crippen molar-refractivity contribution in [2.24, 2.45) is 0 Å². The van der Waals surface area contributed by atoms with Gasteiger partial charge < -0.3 is 0 Å². The minimum absolute atomic E-state index is 0.0627. The normalized spacial score (nSPS) is 11.6. The van der Waals surface area contributed by atoms with E-state index in [4.69, 9.17) is 0 Å². The van der Waals surface area contributed by atoms with E-state index < -0.39 is 53.6 Å². The summed E-state index contributed by atoms with van der Waals surface area (Å²) in [5.74, 6) is 0. The molecule has 27 heavy (non-hydrogen) atoms. The Kier molecular flexibility index (Phi) is 10.5. The van der Waals surface area contributed by atoms with Gasteiger partial charge in [-0.2, -0.15) is 0 Å². The Labute approximate surface area is 179 Å². The van der Waals surface area contributed by atoms with E-state index in [1.807, 2.05) is 27.7 Å². The van der Waals surface area contributed by atoms with Gasteiger partial charge in [-0.25, -0.2) is 0 Å². The minimum atomic E-state index is -4.39. The molecule has 1 rings (SSSR count). The molecule has 0 radical (unpaired) electrons. The van der Waals surface area contributed by atoms with Gasteiger partial charge in [0.1, 0.15) is 0 Å². The van der Waals surface area contributed by atoms with E-state index in [1.54, 1.807) is 9.80 Å². The van der Waals surface area contributed by atoms with Crippen LogP contribution < -0.4 is 0 Å². The second-order valence-electron chi connectivity index (χ2n) is 5.56. The molecule has 0 heterocycles. The number of nitrogens with zero attached hydrogens (tertiary/aromatic N) is 2. The standard InChI is InChI=1S/C18H25F3N2O2Te2/c1-5-22(6-2)16(24)26-15(27-17(25)23(7-3)8-4)13-9-11-14(12-10-13)18(19,20)21/h9-12,15H,5-8H2,1-4H3. The van der Waals surface area contributed by atoms with E-state index in [0.29, 0.717) is 31.7 Å². The first-order valence-corrected chi connectivity index (χ1v) is 13.8. The molecule has 0 atom stereocenters. The van der Waals surface area contributed by atoms with Crippen LogP contribution in [0.15, 0.2) is 24.3 Å². The third-order valence-corrected chi connectivity index (χ3v) is 13.1. The van der Waals surface area contributed by atoms with Crippen molar-refractivity contribution in [2.75, 3.05) is 26.2 Å². The molecule has 1 aromatic rings. The van der Waals surface area contributed by atoms with Crippen LogP contribution in [0.5, 0.6) is 0 Å². The zero-order valence-corrected chi connectivity index (χ0v) is 20.5. The summed E-state index contributed by atoms with van der Waals surface area (Å²) in [5, 5.41) is 0. The van der Waals surface area contributed by atoms with Crippen molar-refractivity contribution < 1.29 is 22.8 Å². The van der Waals surface area contributed by atoms with Crippen LogP contribution in [0.25, 0.3) is 0 Å². The zero-order chi connectivity index (χ0) is 20.6. The van der Waals surface area contributed by atoms with Gasteiger partial charge in [-0.3, -0.25) is 0 Å². The molecule has 4 nitrogen and oxygen atoms in total. The van der Waals surface area contributed by atoms with Crippen LogP contribution in [-0.4, -0.2) is 85.7 Å². The average Bonchev–Trinajstić information content (AvgIpc) is 2.62. The Bertz CT molecular complexity index is 590. The summed E-state index contributed by atoms with van der Waals surface area (Å²) >= 11 is -2.49. The summed E-state index contributed by atoms with van der Waals surface area (Å²) in [4.78, 5) is 28.7. The first-order chi connectivity index (χ1) is 12.7. The third-order valence-electron chi connectivity index (χ3n) is 3.97. The first kappa shape index (κ1) is 24.6. The van der Waals surface area contributed by atoms with Gasteiger partial charge in [0.2, 0.25) is 0 Å². The quantitative estimate of drug-likeness (QED) is 0.395. The van der Waals surface area contributed by atoms with Crippen molar-refractivity contribution in [3.05, 3.63) is 35.4 Å². The molecule has 1 aromatic carbocycles. The molecule has 0 unspecified atom stereocenters. The van der Waals surface area contributed by atoms with Crippen LogP contribution in [-0.2, 0) is 6.18 Å². The molecular weight excluding hydrogens is 588 g/mol. The average molecular weight is 614 g/mol. The number of halogens is 3. The van der Waals surface area contributed by atoms with Gasteiger partial charge in [-0.1, -0.05) is 0 Å². The number of amides is 2. The van der Waals surface area contributed by atoms with Crippen molar-refractivity contribution in [3.8, 4) is 0 Å². The summed E-state index contributed by atoms with van der Waals surface area (Å²) in [5.41, 5.74) is -0.0230. The summed E-state index contributed by atoms with van der Waals surface area (Å²) in [6.45, 7) is 10.0. The van der Waals surface area contributed by atoms with Crippen molar-refractivity contribution in [1.82, 2.24) is 9.80 Å². The molecule has 9 heteroatoms. The Morgan fingerprint density at radius 1 is 0.852 bits per heavy atom. The summed E-state index contributed by atoms with van der Waals surface area (Å²) in [6.07, 6.45) is -4.39. The second-order valence-corrected chi connectivity index (χ2v) is 14.5. The van der Waals surface area contributed by atoms with E-state index >= 15 is 0 Å². The van der Waals surface area contributed by atoms with Crippen LogP contribution in [0.1, 0.15) is 40.8 Å². The molecular formula is C18H25F3N2O2Te2. The van der Waals surface area contributed by atoms with Crippen molar-refractivity contribution in [2.45, 2.75) is 35.9 Å². The predicted octanol–water partition coefficient (Wildman–Crippen LogP) is 4.04. The van der Waals surface area contributed by atoms with Gasteiger partial charge in [-0.05, 0) is 0 Å². The van der Waals surface area contributed by atoms with E-state index in [0.717, 1.165) is 12.1 Å². The molecule has 0 aliphatic carbocycles. The third kappa shape index (κ3) is 7.46. The summed E-state index contributed by atoms with van der Waals surface area (Å²) in [6, 6.07) is 4.97. The van der Waals surface area contributed by atoms with Gasteiger partial charge in [0.15, 0.2) is 0 Å². The number of hydrogen-bond donors (Lipinski definition) is 0. The van der Waals surface area contributed by atoms with Gasteiger partial charge in [0.05, 0.1) is 0 Å². The SMILES string of the molecule is CCN(CC)C(=O)[Te]C([Te]C(=O)N(CC)CC)c1ccc(C(F)(F)F)cc1. The van der Waals surface area contributed by atoms with Gasteiger partial charge >= 0.3 is 180 Å². The molecule has 0 aliphatic heterocycles. The number of alkyl halides is 3. The Balaban J connectivity index is 3.09. The van der Waals surface area contributed by atoms with Crippen LogP contribution in [0.3, 0.4) is 0 Å². The molecule has 0 N–H and O–H groups in total. The molecule has 2 amide bonds. The second kappa shape index (κ2) is 11.5. The van der Waals surface area contributed by atoms with Crippen molar-refractivity contribution >= 4 is 49.8 Å². The Morgan fingerprint density at radius 2 is 1.22 bits per heavy atom. The Morgan fingerprint density at radius 3 is 1.52 bits per heavy atom. The zero-order valence-electron chi connectivity index (χ0n) is 15.9. The van der Waals surface area contributed by atoms with Crippen LogP contribution in [0, 0.1) is 0 Å². The van der Waals surface area contributed by atoms with E-state index in [9.17, 15) is 22.8 Å². The molecule has 0 aliphatic rings. The van der Waals surface area contributed by atoms with E-state index in [-0.39, 0.29) is 9.92 Å². The maximum atomic E-state index is 12.8. The molecule has 152 valence electrons. The van der Waals surface area contributed by atoms with Gasteiger partial charge in [-0.15, -0.1) is 0 Å². The first-order valence-electron chi connectivity index (χ1n) is 8.76. The summed E-state index contributed by atoms with van der Waals surface area (Å²) < 4.78 is 38.4. The number of carbonyl (C=O) groups excluding carboxylic acids is 2. The number of benzene rings is 1.